The van der Waals surface area contributed by atoms with E-state index in [-0.39, 0.29) is 29.5 Å². The van der Waals surface area contributed by atoms with Crippen LogP contribution in [0.15, 0.2) is 24.3 Å². The Kier molecular flexibility index (Phi) is 5.99. The molecule has 4 rings (SSSR count). The quantitative estimate of drug-likeness (QED) is 0.682. The maximum absolute atomic E-state index is 12.8. The Labute approximate surface area is 177 Å². The summed E-state index contributed by atoms with van der Waals surface area (Å²) < 4.78 is 5.23. The molecule has 2 amide bonds. The lowest BCUT2D eigenvalue weighted by Gasteiger charge is -2.61. The van der Waals surface area contributed by atoms with Gasteiger partial charge in [-0.15, -0.1) is 0 Å². The van der Waals surface area contributed by atoms with Crippen LogP contribution in [0.25, 0.3) is 0 Å². The number of hydrogen-bond acceptors (Lipinski definition) is 6. The van der Waals surface area contributed by atoms with Gasteiger partial charge in [0.15, 0.2) is 0 Å². The average molecular weight is 417 g/mol. The van der Waals surface area contributed by atoms with Crippen molar-refractivity contribution < 1.29 is 19.4 Å². The van der Waals surface area contributed by atoms with Crippen LogP contribution in [-0.2, 0) is 16.1 Å². The van der Waals surface area contributed by atoms with E-state index in [9.17, 15) is 14.7 Å². The monoisotopic (exact) mass is 416 g/mol. The molecule has 0 radical (unpaired) electrons. The summed E-state index contributed by atoms with van der Waals surface area (Å²) in [4.78, 5) is 30.7. The van der Waals surface area contributed by atoms with Gasteiger partial charge in [0.05, 0.1) is 18.8 Å². The van der Waals surface area contributed by atoms with Crippen molar-refractivity contribution in [2.45, 2.75) is 44.0 Å². The minimum Gasteiger partial charge on any atom is -0.497 e. The molecule has 3 heterocycles. The Morgan fingerprint density at radius 3 is 2.60 bits per heavy atom. The van der Waals surface area contributed by atoms with Gasteiger partial charge in [-0.2, -0.15) is 0 Å². The maximum atomic E-state index is 12.8. The molecule has 30 heavy (non-hydrogen) atoms. The van der Waals surface area contributed by atoms with Gasteiger partial charge in [0.25, 0.3) is 0 Å². The third-order valence-electron chi connectivity index (χ3n) is 6.58. The molecule has 1 spiro atoms. The zero-order valence-corrected chi connectivity index (χ0v) is 17.8. The van der Waals surface area contributed by atoms with Crippen molar-refractivity contribution >= 4 is 11.8 Å². The Morgan fingerprint density at radius 2 is 1.93 bits per heavy atom. The van der Waals surface area contributed by atoms with E-state index in [0.29, 0.717) is 32.6 Å². The van der Waals surface area contributed by atoms with Crippen LogP contribution in [0, 0.1) is 0 Å². The minimum atomic E-state index is -0.322. The van der Waals surface area contributed by atoms with E-state index in [1.807, 2.05) is 17.0 Å². The van der Waals surface area contributed by atoms with Crippen LogP contribution in [-0.4, -0.2) is 95.7 Å². The number of benzene rings is 1. The van der Waals surface area contributed by atoms with E-state index in [2.05, 4.69) is 27.2 Å². The minimum absolute atomic E-state index is 0.0813. The standard InChI is InChI=1S/C22H32N4O4/c1-16(27)23-8-7-21(29)25-11-18-9-19(28)12-26(18)22(15-25)13-24(14-22)10-17-3-5-20(30-2)6-4-17/h3-6,18-19,28H,7-15H2,1-2H3,(H,23,27)/t18-,19-/m1/s1. The highest BCUT2D eigenvalue weighted by molar-refractivity contribution is 5.78. The van der Waals surface area contributed by atoms with Gasteiger partial charge < -0.3 is 20.1 Å². The molecule has 3 saturated heterocycles. The number of nitrogens with zero attached hydrogens (tertiary/aromatic N) is 3. The second kappa shape index (κ2) is 8.53. The highest BCUT2D eigenvalue weighted by Gasteiger charge is 2.56. The number of rotatable bonds is 6. The summed E-state index contributed by atoms with van der Waals surface area (Å²) in [6, 6.07) is 8.35. The van der Waals surface area contributed by atoms with Gasteiger partial charge in [-0.1, -0.05) is 12.1 Å². The first-order valence-electron chi connectivity index (χ1n) is 10.7. The predicted octanol–water partition coefficient (Wildman–Crippen LogP) is 0.0532. The molecule has 8 heteroatoms. The largest absolute Gasteiger partial charge is 0.497 e. The van der Waals surface area contributed by atoms with Crippen LogP contribution in [0.5, 0.6) is 5.75 Å². The lowest BCUT2D eigenvalue weighted by molar-refractivity contribution is -0.151. The van der Waals surface area contributed by atoms with Crippen molar-refractivity contribution in [3.8, 4) is 5.75 Å². The fourth-order valence-electron chi connectivity index (χ4n) is 5.27. The van der Waals surface area contributed by atoms with Crippen LogP contribution >= 0.6 is 0 Å². The molecule has 0 aromatic heterocycles. The number of amides is 2. The lowest BCUT2D eigenvalue weighted by Crippen LogP contribution is -2.78. The van der Waals surface area contributed by atoms with E-state index in [1.165, 1.54) is 12.5 Å². The van der Waals surface area contributed by atoms with E-state index in [1.54, 1.807) is 7.11 Å². The smallest absolute Gasteiger partial charge is 0.224 e. The van der Waals surface area contributed by atoms with Gasteiger partial charge in [0, 0.05) is 65.2 Å². The fourth-order valence-corrected chi connectivity index (χ4v) is 5.27. The number of fused-ring (bicyclic) bond motifs is 2. The molecule has 3 aliphatic heterocycles. The number of nitrogens with one attached hydrogen (secondary N) is 1. The second-order valence-corrected chi connectivity index (χ2v) is 8.92. The molecule has 1 aromatic carbocycles. The summed E-state index contributed by atoms with van der Waals surface area (Å²) in [5, 5.41) is 13.0. The molecule has 3 aliphatic rings. The average Bonchev–Trinajstić information content (AvgIpc) is 3.07. The van der Waals surface area contributed by atoms with Crippen LogP contribution in [0.1, 0.15) is 25.3 Å². The molecule has 2 atom stereocenters. The van der Waals surface area contributed by atoms with Crippen LogP contribution < -0.4 is 10.1 Å². The molecule has 0 saturated carbocycles. The molecule has 3 fully saturated rings. The molecule has 8 nitrogen and oxygen atoms in total. The number of hydrogen-bond donors (Lipinski definition) is 2. The zero-order chi connectivity index (χ0) is 21.3. The van der Waals surface area contributed by atoms with Crippen molar-refractivity contribution in [1.29, 1.82) is 0 Å². The Balaban J connectivity index is 1.39. The summed E-state index contributed by atoms with van der Waals surface area (Å²) in [5.74, 6) is 0.822. The fraction of sp³-hybridized carbons (Fsp3) is 0.636. The zero-order valence-electron chi connectivity index (χ0n) is 17.8. The Morgan fingerprint density at radius 1 is 1.20 bits per heavy atom. The number of ether oxygens (including phenoxy) is 1. The highest BCUT2D eigenvalue weighted by atomic mass is 16.5. The number of carbonyl (C=O) groups excluding carboxylic acids is 2. The van der Waals surface area contributed by atoms with Crippen molar-refractivity contribution in [1.82, 2.24) is 20.0 Å². The molecular weight excluding hydrogens is 384 g/mol. The molecule has 1 aromatic rings. The SMILES string of the molecule is COc1ccc(CN2CC3(C2)CN(C(=O)CCNC(C)=O)C[C@H]2C[C@@H](O)CN23)cc1. The number of β-amino-alcohol motifs (C(OH)–C–C–N with tert-alkyl or cyclic N) is 1. The van der Waals surface area contributed by atoms with E-state index in [0.717, 1.165) is 31.8 Å². The van der Waals surface area contributed by atoms with Gasteiger partial charge in [0.2, 0.25) is 11.8 Å². The Hall–Kier alpha value is -2.16. The number of piperazine rings is 1. The number of likely N-dealkylation sites (tertiary alicyclic amines) is 1. The lowest BCUT2D eigenvalue weighted by atomic mass is 9.83. The second-order valence-electron chi connectivity index (χ2n) is 8.92. The first kappa shape index (κ1) is 21.1. The van der Waals surface area contributed by atoms with Crippen LogP contribution in [0.3, 0.4) is 0 Å². The van der Waals surface area contributed by atoms with Gasteiger partial charge >= 0.3 is 0 Å². The van der Waals surface area contributed by atoms with E-state index >= 15 is 0 Å². The molecule has 0 aliphatic carbocycles. The summed E-state index contributed by atoms with van der Waals surface area (Å²) in [6.07, 6.45) is 0.716. The van der Waals surface area contributed by atoms with Crippen molar-refractivity contribution in [2.75, 3.05) is 46.4 Å². The van der Waals surface area contributed by atoms with Gasteiger partial charge in [-0.3, -0.25) is 19.4 Å². The van der Waals surface area contributed by atoms with E-state index < -0.39 is 0 Å². The number of aliphatic hydroxyl groups excluding tert-OH is 1. The van der Waals surface area contributed by atoms with Crippen molar-refractivity contribution in [3.63, 3.8) is 0 Å². The number of methoxy groups -OCH3 is 1. The van der Waals surface area contributed by atoms with Crippen LogP contribution in [0.2, 0.25) is 0 Å². The predicted molar refractivity (Wildman–Crippen MR) is 112 cm³/mol. The van der Waals surface area contributed by atoms with Gasteiger partial charge in [-0.05, 0) is 24.1 Å². The molecule has 164 valence electrons. The molecule has 0 unspecified atom stereocenters. The molecular formula is C22H32N4O4. The Bertz CT molecular complexity index is 778. The topological polar surface area (TPSA) is 85.3 Å². The van der Waals surface area contributed by atoms with Gasteiger partial charge in [0.1, 0.15) is 5.75 Å². The van der Waals surface area contributed by atoms with Crippen LogP contribution in [0.4, 0.5) is 0 Å². The van der Waals surface area contributed by atoms with Crippen molar-refractivity contribution in [2.24, 2.45) is 0 Å². The molecule has 2 N–H and O–H groups in total. The van der Waals surface area contributed by atoms with Gasteiger partial charge in [-0.25, -0.2) is 0 Å². The number of carbonyl (C=O) groups is 2. The first-order chi connectivity index (χ1) is 14.4. The molecule has 0 bridgehead atoms. The van der Waals surface area contributed by atoms with E-state index in [4.69, 9.17) is 4.74 Å². The summed E-state index contributed by atoms with van der Waals surface area (Å²) in [5.41, 5.74) is 1.15. The normalized spacial score (nSPS) is 25.6. The van der Waals surface area contributed by atoms with Crippen molar-refractivity contribution in [3.05, 3.63) is 29.8 Å². The third kappa shape index (κ3) is 4.31. The maximum Gasteiger partial charge on any atom is 0.224 e. The summed E-state index contributed by atoms with van der Waals surface area (Å²) in [7, 11) is 1.67. The number of aliphatic hydroxyl groups is 1. The summed E-state index contributed by atoms with van der Waals surface area (Å²) >= 11 is 0. The summed E-state index contributed by atoms with van der Waals surface area (Å²) in [6.45, 7) is 6.51. The highest BCUT2D eigenvalue weighted by Crippen LogP contribution is 2.39. The first-order valence-corrected chi connectivity index (χ1v) is 10.7. The third-order valence-corrected chi connectivity index (χ3v) is 6.58.